The summed E-state index contributed by atoms with van der Waals surface area (Å²) in [7, 11) is 3.15. The SMILES string of the molecule is COc1ccc(CC(Br)C(N)=O)cc1OC. The summed E-state index contributed by atoms with van der Waals surface area (Å²) in [5.41, 5.74) is 6.13. The number of alkyl halides is 1. The van der Waals surface area contributed by atoms with Crippen molar-refractivity contribution in [1.82, 2.24) is 0 Å². The van der Waals surface area contributed by atoms with Gasteiger partial charge in [0.05, 0.1) is 19.0 Å². The molecule has 0 fully saturated rings. The van der Waals surface area contributed by atoms with Crippen LogP contribution in [0.1, 0.15) is 5.56 Å². The lowest BCUT2D eigenvalue weighted by molar-refractivity contribution is -0.117. The standard InChI is InChI=1S/C11H14BrNO3/c1-15-9-4-3-7(6-10(9)16-2)5-8(12)11(13)14/h3-4,6,8H,5H2,1-2H3,(H2,13,14). The van der Waals surface area contributed by atoms with Crippen molar-refractivity contribution in [2.45, 2.75) is 11.2 Å². The summed E-state index contributed by atoms with van der Waals surface area (Å²) in [6.07, 6.45) is 0.523. The molecule has 2 N–H and O–H groups in total. The highest BCUT2D eigenvalue weighted by atomic mass is 79.9. The minimum Gasteiger partial charge on any atom is -0.493 e. The smallest absolute Gasteiger partial charge is 0.231 e. The predicted octanol–water partition coefficient (Wildman–Crippen LogP) is 1.50. The van der Waals surface area contributed by atoms with E-state index in [1.54, 1.807) is 20.3 Å². The summed E-state index contributed by atoms with van der Waals surface area (Å²) < 4.78 is 10.3. The van der Waals surface area contributed by atoms with Gasteiger partial charge in [-0.3, -0.25) is 4.79 Å². The van der Waals surface area contributed by atoms with Gasteiger partial charge in [-0.2, -0.15) is 0 Å². The average molecular weight is 288 g/mol. The van der Waals surface area contributed by atoms with Crippen molar-refractivity contribution in [3.63, 3.8) is 0 Å². The summed E-state index contributed by atoms with van der Waals surface area (Å²) in [6, 6.07) is 5.50. The number of carbonyl (C=O) groups excluding carboxylic acids is 1. The van der Waals surface area contributed by atoms with Crippen LogP contribution in [0.3, 0.4) is 0 Å². The molecule has 0 aliphatic rings. The molecule has 0 saturated carbocycles. The second-order valence-electron chi connectivity index (χ2n) is 3.26. The van der Waals surface area contributed by atoms with Crippen LogP contribution in [0.5, 0.6) is 11.5 Å². The highest BCUT2D eigenvalue weighted by Crippen LogP contribution is 2.28. The van der Waals surface area contributed by atoms with Gasteiger partial charge in [0.15, 0.2) is 11.5 Å². The number of halogens is 1. The lowest BCUT2D eigenvalue weighted by atomic mass is 10.1. The molecule has 0 spiro atoms. The third-order valence-electron chi connectivity index (χ3n) is 2.17. The monoisotopic (exact) mass is 287 g/mol. The number of hydrogen-bond donors (Lipinski definition) is 1. The normalized spacial score (nSPS) is 11.9. The van der Waals surface area contributed by atoms with E-state index in [0.29, 0.717) is 17.9 Å². The third kappa shape index (κ3) is 3.13. The van der Waals surface area contributed by atoms with Gasteiger partial charge in [0.25, 0.3) is 0 Å². The molecular formula is C11H14BrNO3. The van der Waals surface area contributed by atoms with E-state index in [1.165, 1.54) is 0 Å². The number of primary amides is 1. The molecule has 88 valence electrons. The van der Waals surface area contributed by atoms with E-state index in [2.05, 4.69) is 15.9 Å². The number of amides is 1. The number of carbonyl (C=O) groups is 1. The number of benzene rings is 1. The molecule has 0 heterocycles. The zero-order valence-corrected chi connectivity index (χ0v) is 10.8. The molecule has 1 unspecified atom stereocenters. The highest BCUT2D eigenvalue weighted by molar-refractivity contribution is 9.10. The molecule has 0 saturated heterocycles. The Morgan fingerprint density at radius 2 is 2.00 bits per heavy atom. The summed E-state index contributed by atoms with van der Waals surface area (Å²) >= 11 is 3.21. The van der Waals surface area contributed by atoms with Gasteiger partial charge >= 0.3 is 0 Å². The molecule has 5 heteroatoms. The molecule has 16 heavy (non-hydrogen) atoms. The van der Waals surface area contributed by atoms with Crippen molar-refractivity contribution in [2.75, 3.05) is 14.2 Å². The Balaban J connectivity index is 2.86. The number of nitrogens with two attached hydrogens (primary N) is 1. The van der Waals surface area contributed by atoms with Crippen molar-refractivity contribution in [3.05, 3.63) is 23.8 Å². The fourth-order valence-corrected chi connectivity index (χ4v) is 1.69. The van der Waals surface area contributed by atoms with E-state index >= 15 is 0 Å². The number of rotatable bonds is 5. The Morgan fingerprint density at radius 3 is 2.50 bits per heavy atom. The van der Waals surface area contributed by atoms with E-state index in [-0.39, 0.29) is 10.7 Å². The van der Waals surface area contributed by atoms with Crippen LogP contribution < -0.4 is 15.2 Å². The van der Waals surface area contributed by atoms with Crippen molar-refractivity contribution in [1.29, 1.82) is 0 Å². The Morgan fingerprint density at radius 1 is 1.38 bits per heavy atom. The molecule has 1 aromatic rings. The Bertz CT molecular complexity index is 381. The van der Waals surface area contributed by atoms with Crippen molar-refractivity contribution in [2.24, 2.45) is 5.73 Å². The van der Waals surface area contributed by atoms with Crippen LogP contribution in [0.2, 0.25) is 0 Å². The first-order valence-electron chi connectivity index (χ1n) is 4.72. The molecule has 0 aromatic heterocycles. The van der Waals surface area contributed by atoms with Gasteiger partial charge in [0.1, 0.15) is 0 Å². The zero-order chi connectivity index (χ0) is 12.1. The number of ether oxygens (including phenoxy) is 2. The van der Waals surface area contributed by atoms with Gasteiger partial charge in [0, 0.05) is 0 Å². The van der Waals surface area contributed by atoms with Crippen molar-refractivity contribution >= 4 is 21.8 Å². The lowest BCUT2D eigenvalue weighted by Gasteiger charge is -2.10. The average Bonchev–Trinajstić information content (AvgIpc) is 2.28. The molecule has 1 aromatic carbocycles. The number of hydrogen-bond acceptors (Lipinski definition) is 3. The molecule has 0 bridgehead atoms. The molecule has 1 amide bonds. The fourth-order valence-electron chi connectivity index (χ4n) is 1.32. The van der Waals surface area contributed by atoms with Gasteiger partial charge in [-0.1, -0.05) is 22.0 Å². The molecule has 1 atom stereocenters. The van der Waals surface area contributed by atoms with Crippen LogP contribution in [0, 0.1) is 0 Å². The van der Waals surface area contributed by atoms with Gasteiger partial charge in [0.2, 0.25) is 5.91 Å². The van der Waals surface area contributed by atoms with E-state index in [4.69, 9.17) is 15.2 Å². The Labute approximate surface area is 103 Å². The van der Waals surface area contributed by atoms with E-state index < -0.39 is 0 Å². The van der Waals surface area contributed by atoms with Gasteiger partial charge in [-0.05, 0) is 24.1 Å². The van der Waals surface area contributed by atoms with Gasteiger partial charge in [-0.25, -0.2) is 0 Å². The van der Waals surface area contributed by atoms with Gasteiger partial charge < -0.3 is 15.2 Å². The maximum atomic E-state index is 10.9. The largest absolute Gasteiger partial charge is 0.493 e. The predicted molar refractivity (Wildman–Crippen MR) is 65.2 cm³/mol. The first kappa shape index (κ1) is 12.8. The summed E-state index contributed by atoms with van der Waals surface area (Å²) in [5, 5.41) is 0. The van der Waals surface area contributed by atoms with Crippen LogP contribution in [0.25, 0.3) is 0 Å². The van der Waals surface area contributed by atoms with E-state index in [9.17, 15) is 4.79 Å². The van der Waals surface area contributed by atoms with Crippen LogP contribution in [0.4, 0.5) is 0 Å². The summed E-state index contributed by atoms with van der Waals surface area (Å²) in [6.45, 7) is 0. The summed E-state index contributed by atoms with van der Waals surface area (Å²) in [5.74, 6) is 0.926. The zero-order valence-electron chi connectivity index (χ0n) is 9.20. The number of methoxy groups -OCH3 is 2. The second-order valence-corrected chi connectivity index (χ2v) is 4.37. The van der Waals surface area contributed by atoms with Crippen molar-refractivity contribution < 1.29 is 14.3 Å². The topological polar surface area (TPSA) is 61.5 Å². The van der Waals surface area contributed by atoms with Crippen LogP contribution >= 0.6 is 15.9 Å². The minimum absolute atomic E-state index is 0.370. The second kappa shape index (κ2) is 5.75. The Hall–Kier alpha value is -1.23. The Kier molecular flexibility index (Phi) is 4.61. The molecule has 0 aliphatic heterocycles. The maximum Gasteiger partial charge on any atom is 0.231 e. The molecule has 4 nitrogen and oxygen atoms in total. The molecule has 0 radical (unpaired) electrons. The lowest BCUT2D eigenvalue weighted by Crippen LogP contribution is -2.24. The maximum absolute atomic E-state index is 10.9. The van der Waals surface area contributed by atoms with Gasteiger partial charge in [-0.15, -0.1) is 0 Å². The van der Waals surface area contributed by atoms with Crippen LogP contribution in [-0.2, 0) is 11.2 Å². The van der Waals surface area contributed by atoms with E-state index in [0.717, 1.165) is 5.56 Å². The molecular weight excluding hydrogens is 274 g/mol. The third-order valence-corrected chi connectivity index (χ3v) is 2.95. The quantitative estimate of drug-likeness (QED) is 0.835. The highest BCUT2D eigenvalue weighted by Gasteiger charge is 2.13. The summed E-state index contributed by atoms with van der Waals surface area (Å²) in [4.78, 5) is 10.5. The minimum atomic E-state index is -0.380. The molecule has 0 aliphatic carbocycles. The van der Waals surface area contributed by atoms with Crippen molar-refractivity contribution in [3.8, 4) is 11.5 Å². The fraction of sp³-hybridized carbons (Fsp3) is 0.364. The molecule has 1 rings (SSSR count). The van der Waals surface area contributed by atoms with E-state index in [1.807, 2.05) is 12.1 Å². The first-order valence-corrected chi connectivity index (χ1v) is 5.64. The first-order chi connectivity index (χ1) is 7.58. The van der Waals surface area contributed by atoms with Crippen LogP contribution in [0.15, 0.2) is 18.2 Å². The van der Waals surface area contributed by atoms with Crippen LogP contribution in [-0.4, -0.2) is 25.0 Å².